The van der Waals surface area contributed by atoms with Gasteiger partial charge in [0.15, 0.2) is 6.61 Å². The van der Waals surface area contributed by atoms with E-state index in [2.05, 4.69) is 0 Å². The molecule has 0 aliphatic carbocycles. The van der Waals surface area contributed by atoms with Crippen LogP contribution in [-0.2, 0) is 20.7 Å². The lowest BCUT2D eigenvalue weighted by atomic mass is 10.2. The number of hydrogen-bond donors (Lipinski definition) is 0. The van der Waals surface area contributed by atoms with Crippen LogP contribution in [0.15, 0.2) is 53.2 Å². The average Bonchev–Trinajstić information content (AvgIpc) is 3.19. The molecule has 2 heterocycles. The molecule has 5 heteroatoms. The fraction of sp³-hybridized carbons (Fsp3) is 0.176. The van der Waals surface area contributed by atoms with Crippen molar-refractivity contribution >= 4 is 23.6 Å². The normalized spacial score (nSPS) is 13.4. The van der Waals surface area contributed by atoms with Crippen LogP contribution >= 0.6 is 0 Å². The maximum atomic E-state index is 12.2. The largest absolute Gasteiger partial charge is 0.465 e. The molecule has 1 amide bonds. The topological polar surface area (TPSA) is 59.8 Å². The second kappa shape index (κ2) is 6.30. The minimum absolute atomic E-state index is 0.218. The minimum Gasteiger partial charge on any atom is -0.465 e. The van der Waals surface area contributed by atoms with Crippen LogP contribution in [0.4, 0.5) is 5.69 Å². The maximum Gasteiger partial charge on any atom is 0.331 e. The lowest BCUT2D eigenvalue weighted by Crippen LogP contribution is -2.33. The first-order chi connectivity index (χ1) is 10.7. The molecule has 112 valence electrons. The summed E-state index contributed by atoms with van der Waals surface area (Å²) in [7, 11) is 0. The van der Waals surface area contributed by atoms with Gasteiger partial charge in [-0.05, 0) is 36.3 Å². The first-order valence-corrected chi connectivity index (χ1v) is 7.00. The molecule has 0 N–H and O–H groups in total. The van der Waals surface area contributed by atoms with Crippen LogP contribution < -0.4 is 4.90 Å². The number of esters is 1. The average molecular weight is 297 g/mol. The first-order valence-electron chi connectivity index (χ1n) is 7.00. The Morgan fingerprint density at radius 1 is 1.23 bits per heavy atom. The molecule has 1 aliphatic heterocycles. The zero-order chi connectivity index (χ0) is 15.4. The van der Waals surface area contributed by atoms with E-state index in [9.17, 15) is 9.59 Å². The number of para-hydroxylation sites is 1. The van der Waals surface area contributed by atoms with E-state index >= 15 is 0 Å². The number of fused-ring (bicyclic) bond motifs is 1. The highest BCUT2D eigenvalue weighted by Crippen LogP contribution is 2.27. The fourth-order valence-electron chi connectivity index (χ4n) is 2.39. The molecule has 0 bridgehead atoms. The lowest BCUT2D eigenvalue weighted by Gasteiger charge is -2.16. The molecule has 0 atom stereocenters. The number of ether oxygens (including phenoxy) is 1. The predicted molar refractivity (Wildman–Crippen MR) is 81.2 cm³/mol. The number of hydrogen-bond acceptors (Lipinski definition) is 4. The van der Waals surface area contributed by atoms with Crippen molar-refractivity contribution in [3.63, 3.8) is 0 Å². The maximum absolute atomic E-state index is 12.2. The number of benzene rings is 1. The van der Waals surface area contributed by atoms with Crippen molar-refractivity contribution in [2.45, 2.75) is 6.42 Å². The van der Waals surface area contributed by atoms with Crippen LogP contribution in [0.5, 0.6) is 0 Å². The van der Waals surface area contributed by atoms with Gasteiger partial charge in [0, 0.05) is 18.3 Å². The third-order valence-electron chi connectivity index (χ3n) is 3.45. The number of furan rings is 1. The minimum atomic E-state index is -0.572. The van der Waals surface area contributed by atoms with Crippen LogP contribution in [0, 0.1) is 0 Å². The van der Waals surface area contributed by atoms with Crippen LogP contribution in [0.25, 0.3) is 6.08 Å². The molecule has 0 radical (unpaired) electrons. The van der Waals surface area contributed by atoms with Gasteiger partial charge in [-0.1, -0.05) is 18.2 Å². The second-order valence-corrected chi connectivity index (χ2v) is 4.88. The molecule has 0 saturated carbocycles. The fourth-order valence-corrected chi connectivity index (χ4v) is 2.39. The van der Waals surface area contributed by atoms with E-state index < -0.39 is 5.97 Å². The van der Waals surface area contributed by atoms with Crippen LogP contribution in [0.2, 0.25) is 0 Å². The third-order valence-corrected chi connectivity index (χ3v) is 3.45. The Morgan fingerprint density at radius 3 is 2.91 bits per heavy atom. The van der Waals surface area contributed by atoms with Crippen LogP contribution in [0.1, 0.15) is 11.3 Å². The van der Waals surface area contributed by atoms with Crippen LogP contribution in [0.3, 0.4) is 0 Å². The van der Waals surface area contributed by atoms with Gasteiger partial charge < -0.3 is 14.1 Å². The summed E-state index contributed by atoms with van der Waals surface area (Å²) in [6, 6.07) is 11.2. The molecule has 0 fully saturated rings. The highest BCUT2D eigenvalue weighted by molar-refractivity contribution is 5.98. The van der Waals surface area contributed by atoms with E-state index in [0.717, 1.165) is 17.7 Å². The van der Waals surface area contributed by atoms with Gasteiger partial charge in [-0.25, -0.2) is 4.79 Å². The molecule has 0 saturated heterocycles. The monoisotopic (exact) mass is 297 g/mol. The van der Waals surface area contributed by atoms with Crippen molar-refractivity contribution in [3.05, 3.63) is 60.1 Å². The van der Waals surface area contributed by atoms with Gasteiger partial charge in [0.1, 0.15) is 5.76 Å². The number of carbonyl (C=O) groups is 2. The number of anilines is 1. The summed E-state index contributed by atoms with van der Waals surface area (Å²) in [5, 5.41) is 0. The summed E-state index contributed by atoms with van der Waals surface area (Å²) < 4.78 is 10.0. The van der Waals surface area contributed by atoms with Crippen molar-refractivity contribution in [2.24, 2.45) is 0 Å². The molecule has 5 nitrogen and oxygen atoms in total. The number of amides is 1. The Hall–Kier alpha value is -2.82. The summed E-state index contributed by atoms with van der Waals surface area (Å²) in [6.45, 7) is 0.355. The summed E-state index contributed by atoms with van der Waals surface area (Å²) >= 11 is 0. The predicted octanol–water partition coefficient (Wildman–Crippen LogP) is 2.43. The molecule has 22 heavy (non-hydrogen) atoms. The quantitative estimate of drug-likeness (QED) is 0.642. The molecule has 3 rings (SSSR count). The lowest BCUT2D eigenvalue weighted by molar-refractivity contribution is -0.142. The Labute approximate surface area is 127 Å². The van der Waals surface area contributed by atoms with E-state index in [1.807, 2.05) is 24.3 Å². The van der Waals surface area contributed by atoms with E-state index in [4.69, 9.17) is 9.15 Å². The van der Waals surface area contributed by atoms with E-state index in [0.29, 0.717) is 12.3 Å². The van der Waals surface area contributed by atoms with E-state index in [1.54, 1.807) is 17.0 Å². The molecule has 1 aliphatic rings. The highest BCUT2D eigenvalue weighted by atomic mass is 16.5. The number of rotatable bonds is 4. The molecule has 2 aromatic rings. The van der Waals surface area contributed by atoms with Gasteiger partial charge in [-0.3, -0.25) is 4.79 Å². The zero-order valence-electron chi connectivity index (χ0n) is 11.9. The van der Waals surface area contributed by atoms with E-state index in [1.165, 1.54) is 18.4 Å². The van der Waals surface area contributed by atoms with Crippen molar-refractivity contribution in [3.8, 4) is 0 Å². The molecule has 0 unspecified atom stereocenters. The Bertz CT molecular complexity index is 703. The molecular formula is C17H15NO4. The Morgan fingerprint density at radius 2 is 2.09 bits per heavy atom. The molecule has 0 spiro atoms. The van der Waals surface area contributed by atoms with Gasteiger partial charge in [0.05, 0.1) is 6.26 Å². The summed E-state index contributed by atoms with van der Waals surface area (Å²) in [5.41, 5.74) is 2.04. The van der Waals surface area contributed by atoms with Gasteiger partial charge in [-0.2, -0.15) is 0 Å². The first kappa shape index (κ1) is 14.1. The highest BCUT2D eigenvalue weighted by Gasteiger charge is 2.24. The number of carbonyl (C=O) groups excluding carboxylic acids is 2. The second-order valence-electron chi connectivity index (χ2n) is 4.88. The van der Waals surface area contributed by atoms with Crippen LogP contribution in [-0.4, -0.2) is 25.0 Å². The van der Waals surface area contributed by atoms with Gasteiger partial charge in [-0.15, -0.1) is 0 Å². The molecule has 1 aromatic heterocycles. The standard InChI is InChI=1S/C17H15NO4/c19-16(18-10-9-13-4-1-2-6-15(13)18)12-22-17(20)8-7-14-5-3-11-21-14/h1-8,11H,9-10,12H2/b8-7+. The van der Waals surface area contributed by atoms with Crippen molar-refractivity contribution < 1.29 is 18.7 Å². The SMILES string of the molecule is O=C(/C=C/c1ccco1)OCC(=O)N1CCc2ccccc21. The zero-order valence-corrected chi connectivity index (χ0v) is 11.9. The Balaban J connectivity index is 1.54. The van der Waals surface area contributed by atoms with Crippen molar-refractivity contribution in [2.75, 3.05) is 18.1 Å². The van der Waals surface area contributed by atoms with E-state index in [-0.39, 0.29) is 12.5 Å². The molecule has 1 aromatic carbocycles. The third kappa shape index (κ3) is 3.09. The summed E-state index contributed by atoms with van der Waals surface area (Å²) in [4.78, 5) is 25.4. The summed E-state index contributed by atoms with van der Waals surface area (Å²) in [5.74, 6) is -0.237. The van der Waals surface area contributed by atoms with Gasteiger partial charge in [0.2, 0.25) is 0 Å². The van der Waals surface area contributed by atoms with Crippen molar-refractivity contribution in [1.29, 1.82) is 0 Å². The van der Waals surface area contributed by atoms with Gasteiger partial charge in [0.25, 0.3) is 5.91 Å². The molecular weight excluding hydrogens is 282 g/mol. The van der Waals surface area contributed by atoms with Gasteiger partial charge >= 0.3 is 5.97 Å². The number of nitrogens with zero attached hydrogens (tertiary/aromatic N) is 1. The van der Waals surface area contributed by atoms with Crippen molar-refractivity contribution in [1.82, 2.24) is 0 Å². The summed E-state index contributed by atoms with van der Waals surface area (Å²) in [6.07, 6.45) is 5.08. The Kier molecular flexibility index (Phi) is 4.05. The smallest absolute Gasteiger partial charge is 0.331 e.